The smallest absolute Gasteiger partial charge is 0.273 e. The minimum atomic E-state index is -0.618. The van der Waals surface area contributed by atoms with Crippen molar-refractivity contribution >= 4 is 22.4 Å². The van der Waals surface area contributed by atoms with E-state index in [-0.39, 0.29) is 16.5 Å². The van der Waals surface area contributed by atoms with Gasteiger partial charge >= 0.3 is 0 Å². The average molecular weight is 327 g/mol. The zero-order chi connectivity index (χ0) is 17.3. The maximum Gasteiger partial charge on any atom is 0.273 e. The molecule has 0 aliphatic rings. The van der Waals surface area contributed by atoms with E-state index in [1.165, 1.54) is 24.3 Å². The van der Waals surface area contributed by atoms with E-state index in [1.807, 2.05) is 0 Å². The fraction of sp³-hybridized carbons (Fsp3) is 0.118. The van der Waals surface area contributed by atoms with Gasteiger partial charge in [-0.3, -0.25) is 19.5 Å². The number of aromatic amines is 1. The molecular weight excluding hydrogens is 313 g/mol. The molecule has 0 bridgehead atoms. The lowest BCUT2D eigenvalue weighted by Crippen LogP contribution is -2.34. The van der Waals surface area contributed by atoms with E-state index in [1.54, 1.807) is 25.1 Å². The van der Waals surface area contributed by atoms with E-state index < -0.39 is 29.4 Å². The number of nitrogens with zero attached hydrogens (tertiary/aromatic N) is 1. The number of hydrogen-bond acceptors (Lipinski definition) is 3. The summed E-state index contributed by atoms with van der Waals surface area (Å²) in [5, 5.41) is 5.23. The van der Waals surface area contributed by atoms with Gasteiger partial charge in [-0.2, -0.15) is 0 Å². The van der Waals surface area contributed by atoms with Crippen molar-refractivity contribution in [1.29, 1.82) is 0 Å². The Bertz CT molecular complexity index is 1050. The van der Waals surface area contributed by atoms with E-state index in [0.29, 0.717) is 0 Å². The second kappa shape index (κ2) is 6.11. The number of rotatable bonds is 3. The number of benzene rings is 2. The van der Waals surface area contributed by atoms with Crippen molar-refractivity contribution in [2.75, 3.05) is 5.32 Å². The summed E-state index contributed by atoms with van der Waals surface area (Å²) in [7, 11) is 0. The predicted octanol–water partition coefficient (Wildman–Crippen LogP) is 1.78. The van der Waals surface area contributed by atoms with Gasteiger partial charge in [-0.15, -0.1) is 0 Å². The number of fused-ring (bicyclic) bond motifs is 1. The number of anilines is 1. The number of amides is 1. The minimum absolute atomic E-state index is 0.0242. The fourth-order valence-electron chi connectivity index (χ4n) is 2.43. The molecule has 0 unspecified atom stereocenters. The van der Waals surface area contributed by atoms with Gasteiger partial charge in [0.2, 0.25) is 5.91 Å². The van der Waals surface area contributed by atoms with E-state index >= 15 is 0 Å². The van der Waals surface area contributed by atoms with Crippen LogP contribution in [0.1, 0.15) is 5.56 Å². The van der Waals surface area contributed by atoms with Gasteiger partial charge in [-0.1, -0.05) is 18.2 Å². The molecule has 6 nitrogen and oxygen atoms in total. The van der Waals surface area contributed by atoms with Crippen LogP contribution < -0.4 is 16.4 Å². The number of carbonyl (C=O) groups is 1. The number of carbonyl (C=O) groups excluding carboxylic acids is 1. The molecule has 1 heterocycles. The number of aryl methyl sites for hydroxylation is 1. The van der Waals surface area contributed by atoms with Gasteiger partial charge in [-0.05, 0) is 36.8 Å². The van der Waals surface area contributed by atoms with E-state index in [4.69, 9.17) is 0 Å². The summed E-state index contributed by atoms with van der Waals surface area (Å²) >= 11 is 0. The quantitative estimate of drug-likeness (QED) is 0.769. The van der Waals surface area contributed by atoms with Gasteiger partial charge in [0.1, 0.15) is 12.4 Å². The first kappa shape index (κ1) is 15.7. The van der Waals surface area contributed by atoms with Crippen molar-refractivity contribution in [2.45, 2.75) is 13.5 Å². The lowest BCUT2D eigenvalue weighted by molar-refractivity contribution is -0.117. The third kappa shape index (κ3) is 2.96. The number of hydrogen-bond donors (Lipinski definition) is 2. The van der Waals surface area contributed by atoms with Crippen LogP contribution in [-0.2, 0) is 11.3 Å². The second-order valence-electron chi connectivity index (χ2n) is 5.41. The minimum Gasteiger partial charge on any atom is -0.322 e. The van der Waals surface area contributed by atoms with Crippen LogP contribution in [0.4, 0.5) is 10.1 Å². The zero-order valence-electron chi connectivity index (χ0n) is 12.8. The maximum atomic E-state index is 13.7. The molecule has 24 heavy (non-hydrogen) atoms. The first-order valence-corrected chi connectivity index (χ1v) is 7.23. The van der Waals surface area contributed by atoms with Gasteiger partial charge in [0.05, 0.1) is 16.5 Å². The lowest BCUT2D eigenvalue weighted by Gasteiger charge is -2.09. The van der Waals surface area contributed by atoms with Crippen LogP contribution in [0.3, 0.4) is 0 Å². The van der Waals surface area contributed by atoms with Crippen molar-refractivity contribution in [3.05, 3.63) is 74.6 Å². The van der Waals surface area contributed by atoms with Gasteiger partial charge in [-0.25, -0.2) is 9.07 Å². The second-order valence-corrected chi connectivity index (χ2v) is 5.41. The number of halogens is 1. The molecule has 0 spiro atoms. The first-order valence-electron chi connectivity index (χ1n) is 7.23. The fourth-order valence-corrected chi connectivity index (χ4v) is 2.43. The first-order chi connectivity index (χ1) is 11.5. The Hall–Kier alpha value is -3.22. The molecule has 0 atom stereocenters. The third-order valence-electron chi connectivity index (χ3n) is 3.58. The molecule has 122 valence electrons. The third-order valence-corrected chi connectivity index (χ3v) is 3.58. The Morgan fingerprint density at radius 3 is 2.62 bits per heavy atom. The molecule has 0 aliphatic heterocycles. The van der Waals surface area contributed by atoms with Crippen LogP contribution in [0.2, 0.25) is 0 Å². The van der Waals surface area contributed by atoms with Crippen LogP contribution in [0, 0.1) is 12.7 Å². The largest absolute Gasteiger partial charge is 0.322 e. The summed E-state index contributed by atoms with van der Waals surface area (Å²) < 4.78 is 14.6. The molecule has 2 aromatic carbocycles. The Kier molecular flexibility index (Phi) is 3.99. The van der Waals surface area contributed by atoms with Crippen molar-refractivity contribution in [2.24, 2.45) is 0 Å². The van der Waals surface area contributed by atoms with Crippen molar-refractivity contribution in [3.63, 3.8) is 0 Å². The summed E-state index contributed by atoms with van der Waals surface area (Å²) in [5.41, 5.74) is -0.163. The van der Waals surface area contributed by atoms with Crippen LogP contribution in [0.25, 0.3) is 10.8 Å². The molecule has 3 aromatic rings. The van der Waals surface area contributed by atoms with Gasteiger partial charge < -0.3 is 5.32 Å². The molecule has 0 fully saturated rings. The molecule has 2 N–H and O–H groups in total. The summed E-state index contributed by atoms with van der Waals surface area (Å²) in [6.07, 6.45) is 0. The Morgan fingerprint density at radius 2 is 1.88 bits per heavy atom. The van der Waals surface area contributed by atoms with Crippen LogP contribution in [0.15, 0.2) is 52.1 Å². The monoisotopic (exact) mass is 327 g/mol. The molecule has 3 rings (SSSR count). The normalized spacial score (nSPS) is 10.8. The van der Waals surface area contributed by atoms with Gasteiger partial charge in [0.15, 0.2) is 0 Å². The molecule has 1 amide bonds. The summed E-state index contributed by atoms with van der Waals surface area (Å²) in [6.45, 7) is 1.34. The molecule has 1 aromatic heterocycles. The molecule has 7 heteroatoms. The van der Waals surface area contributed by atoms with E-state index in [2.05, 4.69) is 10.4 Å². The van der Waals surface area contributed by atoms with Gasteiger partial charge in [0, 0.05) is 0 Å². The Labute approximate surface area is 135 Å². The average Bonchev–Trinajstić information content (AvgIpc) is 2.56. The Balaban J connectivity index is 1.91. The number of aromatic nitrogens is 2. The molecule has 0 saturated heterocycles. The van der Waals surface area contributed by atoms with Crippen LogP contribution in [0.5, 0.6) is 0 Å². The highest BCUT2D eigenvalue weighted by atomic mass is 19.1. The van der Waals surface area contributed by atoms with Crippen molar-refractivity contribution < 1.29 is 9.18 Å². The SMILES string of the molecule is Cc1ccc(F)c(NC(=O)Cn2[nH]c(=O)c3ccccc3c2=O)c1. The summed E-state index contributed by atoms with van der Waals surface area (Å²) in [6, 6.07) is 10.6. The Morgan fingerprint density at radius 1 is 1.17 bits per heavy atom. The summed E-state index contributed by atoms with van der Waals surface area (Å²) in [4.78, 5) is 36.4. The van der Waals surface area contributed by atoms with E-state index in [0.717, 1.165) is 10.2 Å². The number of nitrogens with one attached hydrogen (secondary N) is 2. The highest BCUT2D eigenvalue weighted by Crippen LogP contribution is 2.15. The van der Waals surface area contributed by atoms with Crippen LogP contribution in [-0.4, -0.2) is 15.7 Å². The molecule has 0 saturated carbocycles. The lowest BCUT2D eigenvalue weighted by atomic mass is 10.2. The highest BCUT2D eigenvalue weighted by Gasteiger charge is 2.12. The predicted molar refractivity (Wildman–Crippen MR) is 88.6 cm³/mol. The molecule has 0 aliphatic carbocycles. The van der Waals surface area contributed by atoms with E-state index in [9.17, 15) is 18.8 Å². The topological polar surface area (TPSA) is 84.0 Å². The maximum absolute atomic E-state index is 13.7. The number of H-pyrrole nitrogens is 1. The standard InChI is InChI=1S/C17H14FN3O3/c1-10-6-7-13(18)14(8-10)19-15(22)9-21-17(24)12-5-3-2-4-11(12)16(23)20-21/h2-8H,9H2,1H3,(H,19,22)(H,20,23). The highest BCUT2D eigenvalue weighted by molar-refractivity contribution is 5.91. The van der Waals surface area contributed by atoms with Crippen LogP contribution >= 0.6 is 0 Å². The summed E-state index contributed by atoms with van der Waals surface area (Å²) in [5.74, 6) is -1.19. The van der Waals surface area contributed by atoms with Crippen molar-refractivity contribution in [1.82, 2.24) is 9.78 Å². The zero-order valence-corrected chi connectivity index (χ0v) is 12.8. The molecule has 0 radical (unpaired) electrons. The van der Waals surface area contributed by atoms with Gasteiger partial charge in [0.25, 0.3) is 11.1 Å². The van der Waals surface area contributed by atoms with Crippen molar-refractivity contribution in [3.8, 4) is 0 Å². The molecular formula is C17H14FN3O3.